The van der Waals surface area contributed by atoms with Gasteiger partial charge >= 0.3 is 6.18 Å². The van der Waals surface area contributed by atoms with E-state index in [4.69, 9.17) is 20.3 Å². The summed E-state index contributed by atoms with van der Waals surface area (Å²) >= 11 is 0. The van der Waals surface area contributed by atoms with Crippen molar-refractivity contribution in [3.8, 4) is 22.8 Å². The molecule has 12 heteroatoms. The number of nitrogens with one attached hydrogen (secondary N) is 1. The zero-order chi connectivity index (χ0) is 29.0. The molecule has 0 bridgehead atoms. The predicted molar refractivity (Wildman–Crippen MR) is 135 cm³/mol. The lowest BCUT2D eigenvalue weighted by Gasteiger charge is -2.32. The van der Waals surface area contributed by atoms with Crippen molar-refractivity contribution in [3.63, 3.8) is 0 Å². The molecule has 0 spiro atoms. The van der Waals surface area contributed by atoms with E-state index in [2.05, 4.69) is 10.3 Å². The van der Waals surface area contributed by atoms with Gasteiger partial charge in [0.25, 0.3) is 5.91 Å². The van der Waals surface area contributed by atoms with Gasteiger partial charge in [-0.2, -0.15) is 13.2 Å². The normalized spacial score (nSPS) is 13.5. The molecular formula is C27H29F4N3O5. The molecule has 0 saturated heterocycles. The van der Waals surface area contributed by atoms with Crippen LogP contribution >= 0.6 is 0 Å². The van der Waals surface area contributed by atoms with Gasteiger partial charge in [-0.15, -0.1) is 0 Å². The van der Waals surface area contributed by atoms with Gasteiger partial charge < -0.3 is 30.7 Å². The van der Waals surface area contributed by atoms with Crippen LogP contribution in [-0.2, 0) is 11.1 Å². The van der Waals surface area contributed by atoms with Crippen LogP contribution < -0.4 is 20.5 Å². The second-order valence-electron chi connectivity index (χ2n) is 9.33. The SMILES string of the molecule is COc1cc(C(=O)NCC(O)(c2cc(C(C)(C)N)cc(-c3ccc(F)cc3)n2)C(F)(F)F)ccc1OCCO. The zero-order valence-corrected chi connectivity index (χ0v) is 21.5. The average Bonchev–Trinajstić information content (AvgIpc) is 2.89. The molecule has 1 heterocycles. The molecule has 1 aromatic heterocycles. The van der Waals surface area contributed by atoms with Crippen LogP contribution in [0.15, 0.2) is 54.6 Å². The first kappa shape index (κ1) is 29.8. The molecule has 2 aromatic carbocycles. The van der Waals surface area contributed by atoms with Gasteiger partial charge in [0.2, 0.25) is 5.60 Å². The molecule has 5 N–H and O–H groups in total. The number of hydrogen-bond acceptors (Lipinski definition) is 7. The molecule has 0 fully saturated rings. The number of aliphatic hydroxyl groups excluding tert-OH is 1. The number of nitrogens with two attached hydrogens (primary N) is 1. The number of halogens is 4. The Labute approximate surface area is 222 Å². The maximum Gasteiger partial charge on any atom is 0.424 e. The molecule has 3 aromatic rings. The van der Waals surface area contributed by atoms with Gasteiger partial charge in [0, 0.05) is 16.7 Å². The molecule has 1 unspecified atom stereocenters. The first-order valence-electron chi connectivity index (χ1n) is 11.8. The number of alkyl halides is 3. The summed E-state index contributed by atoms with van der Waals surface area (Å²) in [5.41, 5.74) is 1.12. The number of amides is 1. The van der Waals surface area contributed by atoms with E-state index in [1.165, 1.54) is 43.5 Å². The Kier molecular flexibility index (Phi) is 8.84. The summed E-state index contributed by atoms with van der Waals surface area (Å²) in [6.45, 7) is 1.56. The Hall–Kier alpha value is -3.74. The largest absolute Gasteiger partial charge is 0.493 e. The highest BCUT2D eigenvalue weighted by atomic mass is 19.4. The van der Waals surface area contributed by atoms with Crippen LogP contribution in [0, 0.1) is 5.82 Å². The maximum atomic E-state index is 14.4. The molecule has 0 aliphatic heterocycles. The van der Waals surface area contributed by atoms with Gasteiger partial charge in [0.05, 0.1) is 31.6 Å². The van der Waals surface area contributed by atoms with E-state index in [0.29, 0.717) is 5.56 Å². The molecule has 1 atom stereocenters. The van der Waals surface area contributed by atoms with Crippen LogP contribution in [0.1, 0.15) is 35.5 Å². The number of methoxy groups -OCH3 is 1. The summed E-state index contributed by atoms with van der Waals surface area (Å²) in [5, 5.41) is 22.0. The summed E-state index contributed by atoms with van der Waals surface area (Å²) in [6.07, 6.45) is -5.26. The van der Waals surface area contributed by atoms with E-state index >= 15 is 0 Å². The minimum atomic E-state index is -5.26. The predicted octanol–water partition coefficient (Wildman–Crippen LogP) is 3.64. The Morgan fingerprint density at radius 3 is 2.28 bits per heavy atom. The average molecular weight is 552 g/mol. The third-order valence-electron chi connectivity index (χ3n) is 5.88. The number of pyridine rings is 1. The van der Waals surface area contributed by atoms with E-state index in [1.54, 1.807) is 13.8 Å². The molecule has 8 nitrogen and oxygen atoms in total. The second-order valence-corrected chi connectivity index (χ2v) is 9.33. The smallest absolute Gasteiger partial charge is 0.424 e. The Morgan fingerprint density at radius 2 is 1.72 bits per heavy atom. The molecule has 1 amide bonds. The van der Waals surface area contributed by atoms with Crippen molar-refractivity contribution in [2.75, 3.05) is 26.9 Å². The molecule has 3 rings (SSSR count). The number of benzene rings is 2. The fraction of sp³-hybridized carbons (Fsp3) is 0.333. The van der Waals surface area contributed by atoms with Crippen LogP contribution in [0.25, 0.3) is 11.3 Å². The van der Waals surface area contributed by atoms with Crippen LogP contribution in [0.3, 0.4) is 0 Å². The van der Waals surface area contributed by atoms with Crippen molar-refractivity contribution in [2.24, 2.45) is 5.73 Å². The fourth-order valence-electron chi connectivity index (χ4n) is 3.61. The Morgan fingerprint density at radius 1 is 1.05 bits per heavy atom. The first-order valence-corrected chi connectivity index (χ1v) is 11.8. The molecule has 0 aliphatic rings. The topological polar surface area (TPSA) is 127 Å². The third kappa shape index (κ3) is 6.83. The quantitative estimate of drug-likeness (QED) is 0.284. The second kappa shape index (κ2) is 11.6. The van der Waals surface area contributed by atoms with Gasteiger partial charge in [-0.05, 0) is 74.0 Å². The van der Waals surface area contributed by atoms with E-state index < -0.39 is 41.3 Å². The first-order chi connectivity index (χ1) is 18.2. The number of aliphatic hydroxyl groups is 2. The number of ether oxygens (including phenoxy) is 2. The minimum Gasteiger partial charge on any atom is -0.493 e. The van der Waals surface area contributed by atoms with Crippen molar-refractivity contribution in [1.29, 1.82) is 0 Å². The van der Waals surface area contributed by atoms with E-state index in [9.17, 15) is 27.5 Å². The highest BCUT2D eigenvalue weighted by molar-refractivity contribution is 5.95. The van der Waals surface area contributed by atoms with Crippen LogP contribution in [-0.4, -0.2) is 54.1 Å². The number of nitrogens with zero attached hydrogens (tertiary/aromatic N) is 1. The van der Waals surface area contributed by atoms with Crippen LogP contribution in [0.4, 0.5) is 17.6 Å². The van der Waals surface area contributed by atoms with Gasteiger partial charge in [0.15, 0.2) is 11.5 Å². The van der Waals surface area contributed by atoms with Gasteiger partial charge in [-0.1, -0.05) is 0 Å². The van der Waals surface area contributed by atoms with Crippen molar-refractivity contribution in [2.45, 2.75) is 31.2 Å². The molecular weight excluding hydrogens is 522 g/mol. The Balaban J connectivity index is 2.00. The van der Waals surface area contributed by atoms with E-state index in [1.807, 2.05) is 0 Å². The fourth-order valence-corrected chi connectivity index (χ4v) is 3.61. The van der Waals surface area contributed by atoms with Crippen molar-refractivity contribution in [3.05, 3.63) is 77.2 Å². The van der Waals surface area contributed by atoms with Gasteiger partial charge in [0.1, 0.15) is 12.4 Å². The number of hydrogen-bond donors (Lipinski definition) is 4. The summed E-state index contributed by atoms with van der Waals surface area (Å²) in [4.78, 5) is 16.8. The van der Waals surface area contributed by atoms with E-state index in [-0.39, 0.29) is 41.5 Å². The molecule has 39 heavy (non-hydrogen) atoms. The molecule has 0 saturated carbocycles. The van der Waals surface area contributed by atoms with Crippen molar-refractivity contribution in [1.82, 2.24) is 10.3 Å². The molecule has 0 aliphatic carbocycles. The van der Waals surface area contributed by atoms with Crippen LogP contribution in [0.5, 0.6) is 11.5 Å². The highest BCUT2D eigenvalue weighted by Gasteiger charge is 2.56. The minimum absolute atomic E-state index is 0.0261. The highest BCUT2D eigenvalue weighted by Crippen LogP contribution is 2.40. The summed E-state index contributed by atoms with van der Waals surface area (Å²) in [5.74, 6) is -1.15. The van der Waals surface area contributed by atoms with Crippen molar-refractivity contribution >= 4 is 5.91 Å². The van der Waals surface area contributed by atoms with Crippen LogP contribution in [0.2, 0.25) is 0 Å². The number of carbonyl (C=O) groups is 1. The lowest BCUT2D eigenvalue weighted by molar-refractivity contribution is -0.265. The zero-order valence-electron chi connectivity index (χ0n) is 21.5. The standard InChI is InChI=1S/C27H29F4N3O5/c1-25(2,32)18-13-20(16-4-7-19(28)8-5-16)34-23(14-18)26(37,27(29,30)31)15-33-24(36)17-6-9-21(39-11-10-35)22(12-17)38-3/h4-9,12-14,35,37H,10-11,15,32H2,1-3H3,(H,33,36). The lowest BCUT2D eigenvalue weighted by atomic mass is 9.89. The number of carbonyl (C=O) groups excluding carboxylic acids is 1. The third-order valence-corrected chi connectivity index (χ3v) is 5.88. The lowest BCUT2D eigenvalue weighted by Crippen LogP contribution is -2.51. The summed E-state index contributed by atoms with van der Waals surface area (Å²) in [7, 11) is 1.31. The van der Waals surface area contributed by atoms with Gasteiger partial charge in [-0.3, -0.25) is 4.79 Å². The molecule has 0 radical (unpaired) electrons. The monoisotopic (exact) mass is 551 g/mol. The number of aromatic nitrogens is 1. The Bertz CT molecular complexity index is 1310. The van der Waals surface area contributed by atoms with Crippen molar-refractivity contribution < 1.29 is 42.0 Å². The van der Waals surface area contributed by atoms with E-state index in [0.717, 1.165) is 18.2 Å². The summed E-state index contributed by atoms with van der Waals surface area (Å²) in [6, 6.07) is 11.3. The summed E-state index contributed by atoms with van der Waals surface area (Å²) < 4.78 is 67.0. The van der Waals surface area contributed by atoms with Gasteiger partial charge in [-0.25, -0.2) is 9.37 Å². The number of rotatable bonds is 10. The maximum absolute atomic E-state index is 14.4. The molecule has 210 valence electrons.